The first kappa shape index (κ1) is 20.6. The van der Waals surface area contributed by atoms with Gasteiger partial charge in [-0.05, 0) is 105 Å². The lowest BCUT2D eigenvalue weighted by atomic mass is 9.47. The van der Waals surface area contributed by atoms with Crippen LogP contribution in [-0.2, 0) is 4.79 Å². The number of allylic oxidation sites excluding steroid dienone is 1. The fourth-order valence-corrected chi connectivity index (χ4v) is 8.49. The Morgan fingerprint density at radius 2 is 1.96 bits per heavy atom. The van der Waals surface area contributed by atoms with Gasteiger partial charge in [-0.2, -0.15) is 0 Å². The molecule has 1 N–H and O–H groups in total. The molecule has 0 bridgehead atoms. The Balaban J connectivity index is 1.50. The number of carbonyl (C=O) groups excluding carboxylic acids is 1. The fraction of sp³-hybridized carbons (Fsp3) is 0.885. The van der Waals surface area contributed by atoms with E-state index in [9.17, 15) is 9.90 Å². The molecular formula is C26H42O2. The maximum Gasteiger partial charge on any atom is 0.129 e. The summed E-state index contributed by atoms with van der Waals surface area (Å²) in [6.45, 7) is 9.35. The third kappa shape index (κ3) is 3.32. The van der Waals surface area contributed by atoms with Crippen molar-refractivity contribution in [3.8, 4) is 0 Å². The molecule has 4 rings (SSSR count). The van der Waals surface area contributed by atoms with Crippen molar-refractivity contribution in [1.82, 2.24) is 0 Å². The molecule has 2 nitrogen and oxygen atoms in total. The number of hydrogen-bond donors (Lipinski definition) is 1. The minimum Gasteiger partial charge on any atom is -0.393 e. The zero-order chi connectivity index (χ0) is 20.1. The Labute approximate surface area is 172 Å². The normalized spacial score (nSPS) is 46.2. The molecule has 158 valence electrons. The van der Waals surface area contributed by atoms with E-state index in [0.717, 1.165) is 55.3 Å². The first-order valence-electron chi connectivity index (χ1n) is 12.1. The number of carbonyl (C=O) groups is 1. The summed E-state index contributed by atoms with van der Waals surface area (Å²) < 4.78 is 0. The van der Waals surface area contributed by atoms with Crippen molar-refractivity contribution < 1.29 is 9.90 Å². The van der Waals surface area contributed by atoms with Crippen molar-refractivity contribution >= 4 is 5.78 Å². The molecule has 0 saturated heterocycles. The highest BCUT2D eigenvalue weighted by molar-refractivity contribution is 5.75. The minimum absolute atomic E-state index is 0.101. The van der Waals surface area contributed by atoms with Crippen molar-refractivity contribution in [2.24, 2.45) is 40.4 Å². The third-order valence-corrected chi connectivity index (χ3v) is 10.0. The molecule has 2 heteroatoms. The average molecular weight is 387 g/mol. The number of hydrogen-bond acceptors (Lipinski definition) is 2. The number of aliphatic hydroxyl groups excluding tert-OH is 1. The lowest BCUT2D eigenvalue weighted by Gasteiger charge is -2.58. The van der Waals surface area contributed by atoms with Crippen LogP contribution in [0, 0.1) is 40.4 Å². The first-order chi connectivity index (χ1) is 13.3. The molecule has 3 saturated carbocycles. The summed E-state index contributed by atoms with van der Waals surface area (Å²) in [6.07, 6.45) is 15.5. The summed E-state index contributed by atoms with van der Waals surface area (Å²) in [6, 6.07) is 0. The molecular weight excluding hydrogens is 344 g/mol. The molecule has 0 spiro atoms. The van der Waals surface area contributed by atoms with Gasteiger partial charge in [0.05, 0.1) is 6.10 Å². The van der Waals surface area contributed by atoms with Crippen molar-refractivity contribution in [2.45, 2.75) is 104 Å². The standard InChI is InChI=1S/C26H42O2/c1-17(6-5-7-18(2)27)22-10-11-23-21-9-8-19-16-20(28)12-14-25(19,3)24(21)13-15-26(22,23)4/h8,17,20-24,28H,5-7,9-16H2,1-4H3/t17-,20-,21+,22-,23+,24+,25+,26-/m1/s1. The predicted molar refractivity (Wildman–Crippen MR) is 115 cm³/mol. The largest absolute Gasteiger partial charge is 0.393 e. The molecule has 28 heavy (non-hydrogen) atoms. The Kier molecular flexibility index (Phi) is 5.57. The van der Waals surface area contributed by atoms with E-state index in [4.69, 9.17) is 0 Å². The molecule has 0 aliphatic heterocycles. The van der Waals surface area contributed by atoms with E-state index >= 15 is 0 Å². The summed E-state index contributed by atoms with van der Waals surface area (Å²) in [5, 5.41) is 10.2. The highest BCUT2D eigenvalue weighted by atomic mass is 16.3. The van der Waals surface area contributed by atoms with E-state index in [1.54, 1.807) is 12.5 Å². The zero-order valence-electron chi connectivity index (χ0n) is 18.7. The quantitative estimate of drug-likeness (QED) is 0.561. The van der Waals surface area contributed by atoms with Gasteiger partial charge in [0.2, 0.25) is 0 Å². The van der Waals surface area contributed by atoms with Gasteiger partial charge in [0.15, 0.2) is 0 Å². The minimum atomic E-state index is -0.101. The molecule has 3 fully saturated rings. The second-order valence-corrected chi connectivity index (χ2v) is 11.5. The number of ketones is 1. The summed E-state index contributed by atoms with van der Waals surface area (Å²) in [5.41, 5.74) is 2.45. The van der Waals surface area contributed by atoms with Crippen LogP contribution in [0.5, 0.6) is 0 Å². The molecule has 0 unspecified atom stereocenters. The second-order valence-electron chi connectivity index (χ2n) is 11.5. The van der Waals surface area contributed by atoms with Crippen LogP contribution in [0.25, 0.3) is 0 Å². The number of Topliss-reactive ketones (excluding diaryl/α,β-unsaturated/α-hetero) is 1. The van der Waals surface area contributed by atoms with E-state index < -0.39 is 0 Å². The van der Waals surface area contributed by atoms with Crippen molar-refractivity contribution in [2.75, 3.05) is 0 Å². The number of aliphatic hydroxyl groups is 1. The Bertz CT molecular complexity index is 636. The van der Waals surface area contributed by atoms with Crippen molar-refractivity contribution in [1.29, 1.82) is 0 Å². The van der Waals surface area contributed by atoms with Crippen LogP contribution in [0.15, 0.2) is 11.6 Å². The summed E-state index contributed by atoms with van der Waals surface area (Å²) in [4.78, 5) is 11.3. The molecule has 0 aromatic carbocycles. The van der Waals surface area contributed by atoms with Crippen LogP contribution in [0.3, 0.4) is 0 Å². The van der Waals surface area contributed by atoms with Gasteiger partial charge in [-0.1, -0.05) is 38.8 Å². The summed E-state index contributed by atoms with van der Waals surface area (Å²) in [7, 11) is 0. The van der Waals surface area contributed by atoms with Gasteiger partial charge < -0.3 is 9.90 Å². The second kappa shape index (κ2) is 7.56. The van der Waals surface area contributed by atoms with Gasteiger partial charge in [-0.25, -0.2) is 0 Å². The van der Waals surface area contributed by atoms with Crippen molar-refractivity contribution in [3.63, 3.8) is 0 Å². The number of rotatable bonds is 5. The van der Waals surface area contributed by atoms with E-state index in [2.05, 4.69) is 26.8 Å². The van der Waals surface area contributed by atoms with E-state index in [-0.39, 0.29) is 6.10 Å². The first-order valence-corrected chi connectivity index (χ1v) is 12.1. The van der Waals surface area contributed by atoms with E-state index in [0.29, 0.717) is 16.6 Å². The Morgan fingerprint density at radius 3 is 2.71 bits per heavy atom. The van der Waals surface area contributed by atoms with Gasteiger partial charge >= 0.3 is 0 Å². The molecule has 0 aromatic rings. The molecule has 4 aliphatic carbocycles. The Hall–Kier alpha value is -0.630. The van der Waals surface area contributed by atoms with Crippen LogP contribution < -0.4 is 0 Å². The fourth-order valence-electron chi connectivity index (χ4n) is 8.49. The predicted octanol–water partition coefficient (Wildman–Crippen LogP) is 6.32. The molecule has 4 aliphatic rings. The molecule has 0 amide bonds. The monoisotopic (exact) mass is 386 g/mol. The van der Waals surface area contributed by atoms with Crippen LogP contribution in [0.1, 0.15) is 98.3 Å². The highest BCUT2D eigenvalue weighted by Gasteiger charge is 2.59. The maximum atomic E-state index is 11.3. The van der Waals surface area contributed by atoms with Crippen LogP contribution in [-0.4, -0.2) is 17.0 Å². The van der Waals surface area contributed by atoms with Gasteiger partial charge in [0.25, 0.3) is 0 Å². The molecule has 0 radical (unpaired) electrons. The van der Waals surface area contributed by atoms with Crippen LogP contribution in [0.4, 0.5) is 0 Å². The third-order valence-electron chi connectivity index (χ3n) is 10.0. The SMILES string of the molecule is CC(=O)CCC[C@@H](C)[C@H]1CC[C@H]2[C@@H]3CC=C4C[C@H](O)CC[C@]4(C)[C@H]3CC[C@]12C. The zero-order valence-corrected chi connectivity index (χ0v) is 18.7. The summed E-state index contributed by atoms with van der Waals surface area (Å²) >= 11 is 0. The topological polar surface area (TPSA) is 37.3 Å². The Morgan fingerprint density at radius 1 is 1.18 bits per heavy atom. The number of fused-ring (bicyclic) bond motifs is 5. The molecule has 8 atom stereocenters. The highest BCUT2D eigenvalue weighted by Crippen LogP contribution is 2.67. The van der Waals surface area contributed by atoms with Crippen LogP contribution >= 0.6 is 0 Å². The van der Waals surface area contributed by atoms with Crippen molar-refractivity contribution in [3.05, 3.63) is 11.6 Å². The lowest BCUT2D eigenvalue weighted by Crippen LogP contribution is -2.50. The molecule has 0 heterocycles. The van der Waals surface area contributed by atoms with Gasteiger partial charge in [-0.3, -0.25) is 0 Å². The molecule has 0 aromatic heterocycles. The lowest BCUT2D eigenvalue weighted by molar-refractivity contribution is -0.117. The smallest absolute Gasteiger partial charge is 0.129 e. The average Bonchev–Trinajstić information content (AvgIpc) is 2.99. The van der Waals surface area contributed by atoms with Gasteiger partial charge in [0.1, 0.15) is 5.78 Å². The van der Waals surface area contributed by atoms with Gasteiger partial charge in [-0.15, -0.1) is 0 Å². The van der Waals surface area contributed by atoms with E-state index in [1.165, 1.54) is 44.9 Å². The maximum absolute atomic E-state index is 11.3. The summed E-state index contributed by atoms with van der Waals surface area (Å²) in [5.74, 6) is 4.52. The van der Waals surface area contributed by atoms with Gasteiger partial charge in [0, 0.05) is 6.42 Å². The van der Waals surface area contributed by atoms with E-state index in [1.807, 2.05) is 0 Å². The van der Waals surface area contributed by atoms with Crippen LogP contribution in [0.2, 0.25) is 0 Å².